The zero-order valence-electron chi connectivity index (χ0n) is 14.2. The van der Waals surface area contributed by atoms with Gasteiger partial charge in [-0.3, -0.25) is 4.79 Å². The minimum atomic E-state index is 0.0477. The molecule has 1 heterocycles. The number of anilines is 1. The molecule has 0 aliphatic carbocycles. The number of benzene rings is 1. The van der Waals surface area contributed by atoms with E-state index >= 15 is 0 Å². The fraction of sp³-hybridized carbons (Fsp3) is 0.316. The van der Waals surface area contributed by atoms with E-state index in [1.165, 1.54) is 15.3 Å². The average Bonchev–Trinajstić information content (AvgIpc) is 2.94. The summed E-state index contributed by atoms with van der Waals surface area (Å²) in [6.07, 6.45) is 2.78. The van der Waals surface area contributed by atoms with Crippen LogP contribution in [0.4, 0.5) is 5.69 Å². The van der Waals surface area contributed by atoms with Gasteiger partial charge in [0.2, 0.25) is 0 Å². The highest BCUT2D eigenvalue weighted by molar-refractivity contribution is 9.11. The molecule has 0 aliphatic rings. The molecular formula is C19H24BrN2OS+. The van der Waals surface area contributed by atoms with E-state index in [2.05, 4.69) is 46.9 Å². The number of carbonyl (C=O) groups excluding carboxylic acids is 1. The fourth-order valence-electron chi connectivity index (χ4n) is 2.72. The maximum Gasteiger partial charge on any atom is 0.279 e. The van der Waals surface area contributed by atoms with Crippen molar-refractivity contribution < 1.29 is 9.69 Å². The minimum absolute atomic E-state index is 0.0477. The van der Waals surface area contributed by atoms with E-state index in [4.69, 9.17) is 0 Å². The van der Waals surface area contributed by atoms with E-state index in [1.807, 2.05) is 31.2 Å². The summed E-state index contributed by atoms with van der Waals surface area (Å²) in [5.74, 6) is 0.0477. The first-order valence-electron chi connectivity index (χ1n) is 8.10. The van der Waals surface area contributed by atoms with Crippen molar-refractivity contribution in [2.45, 2.75) is 26.8 Å². The Labute approximate surface area is 156 Å². The van der Waals surface area contributed by atoms with Gasteiger partial charge < -0.3 is 10.2 Å². The largest absolute Gasteiger partial charge is 0.321 e. The Bertz CT molecular complexity index is 711. The molecule has 0 saturated carbocycles. The number of amides is 1. The molecule has 1 aromatic carbocycles. The number of hydrogen-bond donors (Lipinski definition) is 2. The Balaban J connectivity index is 2.04. The van der Waals surface area contributed by atoms with E-state index in [9.17, 15) is 4.79 Å². The molecule has 1 amide bonds. The minimum Gasteiger partial charge on any atom is -0.321 e. The number of nitrogens with one attached hydrogen (secondary N) is 2. The Morgan fingerprint density at radius 1 is 1.38 bits per heavy atom. The third-order valence-corrected chi connectivity index (χ3v) is 5.52. The molecule has 0 spiro atoms. The third kappa shape index (κ3) is 5.30. The van der Waals surface area contributed by atoms with Gasteiger partial charge in [-0.05, 0) is 58.6 Å². The highest BCUT2D eigenvalue weighted by Crippen LogP contribution is 2.22. The molecule has 0 bridgehead atoms. The Hall–Kier alpha value is -1.43. The molecule has 0 aliphatic heterocycles. The lowest BCUT2D eigenvalue weighted by Gasteiger charge is -2.18. The molecule has 0 saturated heterocycles. The normalized spacial score (nSPS) is 12.0. The molecule has 2 rings (SSSR count). The van der Waals surface area contributed by atoms with Gasteiger partial charge in [0, 0.05) is 5.69 Å². The summed E-state index contributed by atoms with van der Waals surface area (Å²) < 4.78 is 1.12. The second-order valence-electron chi connectivity index (χ2n) is 5.81. The van der Waals surface area contributed by atoms with Crippen LogP contribution in [0.25, 0.3) is 0 Å². The van der Waals surface area contributed by atoms with Crippen LogP contribution in [-0.2, 0) is 17.8 Å². The standard InChI is InChI=1S/C19H23BrN2OS/c1-4-11-22(12-16-9-10-17(20)24-16)13-18(23)21-19-14(3)7-6-8-15(19)5-2/h4,6-10H,1,5,11-13H2,2-3H3,(H,21,23)/p+1. The summed E-state index contributed by atoms with van der Waals surface area (Å²) in [6, 6.07) is 10.3. The highest BCUT2D eigenvalue weighted by atomic mass is 79.9. The molecular weight excluding hydrogens is 384 g/mol. The zero-order valence-corrected chi connectivity index (χ0v) is 16.6. The molecule has 0 fully saturated rings. The van der Waals surface area contributed by atoms with Crippen LogP contribution in [0, 0.1) is 6.92 Å². The van der Waals surface area contributed by atoms with Crippen LogP contribution in [0.3, 0.4) is 0 Å². The van der Waals surface area contributed by atoms with Gasteiger partial charge in [-0.15, -0.1) is 11.3 Å². The van der Waals surface area contributed by atoms with Gasteiger partial charge in [-0.1, -0.05) is 31.7 Å². The number of para-hydroxylation sites is 1. The van der Waals surface area contributed by atoms with Crippen molar-refractivity contribution in [2.75, 3.05) is 18.4 Å². The lowest BCUT2D eigenvalue weighted by molar-refractivity contribution is -0.899. The Kier molecular flexibility index (Phi) is 7.21. The van der Waals surface area contributed by atoms with E-state index in [0.717, 1.165) is 34.5 Å². The van der Waals surface area contributed by atoms with E-state index in [-0.39, 0.29) is 5.91 Å². The molecule has 2 aromatic rings. The fourth-order valence-corrected chi connectivity index (χ4v) is 4.27. The first-order valence-corrected chi connectivity index (χ1v) is 9.71. The quantitative estimate of drug-likeness (QED) is 0.644. The second-order valence-corrected chi connectivity index (χ2v) is 8.36. The molecule has 1 aromatic heterocycles. The van der Waals surface area contributed by atoms with Crippen LogP contribution in [0.2, 0.25) is 0 Å². The molecule has 0 radical (unpaired) electrons. The van der Waals surface area contributed by atoms with Gasteiger partial charge in [-0.2, -0.15) is 0 Å². The number of aryl methyl sites for hydroxylation is 2. The van der Waals surface area contributed by atoms with E-state index in [1.54, 1.807) is 11.3 Å². The lowest BCUT2D eigenvalue weighted by Crippen LogP contribution is -3.11. The number of rotatable bonds is 8. The maximum absolute atomic E-state index is 12.5. The molecule has 1 atom stereocenters. The van der Waals surface area contributed by atoms with Gasteiger partial charge >= 0.3 is 0 Å². The van der Waals surface area contributed by atoms with Crippen LogP contribution in [-0.4, -0.2) is 19.0 Å². The average molecular weight is 408 g/mol. The summed E-state index contributed by atoms with van der Waals surface area (Å²) >= 11 is 5.20. The molecule has 5 heteroatoms. The van der Waals surface area contributed by atoms with Crippen molar-refractivity contribution in [1.29, 1.82) is 0 Å². The third-order valence-electron chi connectivity index (χ3n) is 3.90. The van der Waals surface area contributed by atoms with Crippen molar-refractivity contribution in [2.24, 2.45) is 0 Å². The van der Waals surface area contributed by atoms with Crippen molar-refractivity contribution in [3.05, 3.63) is 62.8 Å². The topological polar surface area (TPSA) is 33.5 Å². The predicted octanol–water partition coefficient (Wildman–Crippen LogP) is 3.59. The Morgan fingerprint density at radius 3 is 2.79 bits per heavy atom. The lowest BCUT2D eigenvalue weighted by atomic mass is 10.1. The highest BCUT2D eigenvalue weighted by Gasteiger charge is 2.16. The second kappa shape index (κ2) is 9.16. The van der Waals surface area contributed by atoms with E-state index in [0.29, 0.717) is 6.54 Å². The van der Waals surface area contributed by atoms with Gasteiger partial charge in [0.05, 0.1) is 15.2 Å². The van der Waals surface area contributed by atoms with Gasteiger partial charge in [0.1, 0.15) is 6.54 Å². The molecule has 2 N–H and O–H groups in total. The zero-order chi connectivity index (χ0) is 17.5. The molecule has 3 nitrogen and oxygen atoms in total. The smallest absolute Gasteiger partial charge is 0.279 e. The van der Waals surface area contributed by atoms with Crippen LogP contribution >= 0.6 is 27.3 Å². The SMILES string of the molecule is C=CC[NH+](CC(=O)Nc1c(C)cccc1CC)Cc1ccc(Br)s1. The van der Waals surface area contributed by atoms with Crippen LogP contribution < -0.4 is 10.2 Å². The van der Waals surface area contributed by atoms with E-state index < -0.39 is 0 Å². The summed E-state index contributed by atoms with van der Waals surface area (Å²) in [5, 5.41) is 3.11. The summed E-state index contributed by atoms with van der Waals surface area (Å²) in [4.78, 5) is 15.0. The number of carbonyl (C=O) groups is 1. The summed E-state index contributed by atoms with van der Waals surface area (Å²) in [7, 11) is 0. The van der Waals surface area contributed by atoms with Crippen LogP contribution in [0.1, 0.15) is 22.9 Å². The van der Waals surface area contributed by atoms with Crippen LogP contribution in [0.5, 0.6) is 0 Å². The number of hydrogen-bond acceptors (Lipinski definition) is 2. The number of thiophene rings is 1. The van der Waals surface area contributed by atoms with Crippen molar-refractivity contribution in [3.8, 4) is 0 Å². The first-order chi connectivity index (χ1) is 11.5. The molecule has 24 heavy (non-hydrogen) atoms. The van der Waals surface area contributed by atoms with Gasteiger partial charge in [0.15, 0.2) is 6.54 Å². The van der Waals surface area contributed by atoms with Crippen molar-refractivity contribution in [1.82, 2.24) is 0 Å². The van der Waals surface area contributed by atoms with Gasteiger partial charge in [0.25, 0.3) is 5.91 Å². The van der Waals surface area contributed by atoms with Gasteiger partial charge in [-0.25, -0.2) is 0 Å². The molecule has 1 unspecified atom stereocenters. The van der Waals surface area contributed by atoms with Crippen LogP contribution in [0.15, 0.2) is 46.8 Å². The predicted molar refractivity (Wildman–Crippen MR) is 106 cm³/mol. The Morgan fingerprint density at radius 2 is 2.17 bits per heavy atom. The first kappa shape index (κ1) is 18.9. The maximum atomic E-state index is 12.5. The van der Waals surface area contributed by atoms with Crippen molar-refractivity contribution in [3.63, 3.8) is 0 Å². The molecule has 128 valence electrons. The summed E-state index contributed by atoms with van der Waals surface area (Å²) in [5.41, 5.74) is 3.24. The van der Waals surface area contributed by atoms with Crippen molar-refractivity contribution >= 4 is 38.9 Å². The summed E-state index contributed by atoms with van der Waals surface area (Å²) in [6.45, 7) is 9.98. The monoisotopic (exact) mass is 407 g/mol. The number of quaternary nitrogens is 1. The number of halogens is 1.